The number of anilines is 2. The van der Waals surface area contributed by atoms with E-state index in [9.17, 15) is 19.7 Å². The summed E-state index contributed by atoms with van der Waals surface area (Å²) in [7, 11) is 1.45. The van der Waals surface area contributed by atoms with Crippen LogP contribution in [-0.2, 0) is 16.0 Å². The lowest BCUT2D eigenvalue weighted by atomic mass is 10.1. The number of para-hydroxylation sites is 1. The van der Waals surface area contributed by atoms with Crippen LogP contribution in [0.4, 0.5) is 17.1 Å². The minimum Gasteiger partial charge on any atom is -0.495 e. The number of carbonyl (C=O) groups is 2. The topological polar surface area (TPSA) is 111 Å². The van der Waals surface area contributed by atoms with Crippen LogP contribution in [-0.4, -0.2) is 23.8 Å². The summed E-state index contributed by atoms with van der Waals surface area (Å²) in [4.78, 5) is 33.9. The second-order valence-electron chi connectivity index (χ2n) is 5.21. The minimum atomic E-state index is -0.527. The number of carbonyl (C=O) groups excluding carboxylic acids is 2. The summed E-state index contributed by atoms with van der Waals surface area (Å²) in [6.07, 6.45) is -0.162. The van der Waals surface area contributed by atoms with E-state index in [1.807, 2.05) is 0 Å². The summed E-state index contributed by atoms with van der Waals surface area (Å²) in [5.41, 5.74) is 1.05. The lowest BCUT2D eigenvalue weighted by molar-refractivity contribution is -0.385. The van der Waals surface area contributed by atoms with Crippen LogP contribution in [0.2, 0.25) is 0 Å². The molecule has 0 bridgehead atoms. The first-order chi connectivity index (χ1) is 11.9. The molecule has 0 heterocycles. The van der Waals surface area contributed by atoms with Crippen molar-refractivity contribution in [2.45, 2.75) is 13.3 Å². The standard InChI is InChI=1S/C17H17N3O5/c1-11(21)18-13-7-8-16(25-2)14(10-13)19-17(22)9-12-5-3-4-6-15(12)20(23)24/h3-8,10H,9H2,1-2H3,(H,18,21)(H,19,22). The molecular weight excluding hydrogens is 326 g/mol. The van der Waals surface area contributed by atoms with Crippen molar-refractivity contribution in [3.8, 4) is 5.75 Å². The largest absolute Gasteiger partial charge is 0.495 e. The van der Waals surface area contributed by atoms with Crippen molar-refractivity contribution < 1.29 is 19.2 Å². The predicted molar refractivity (Wildman–Crippen MR) is 92.7 cm³/mol. The molecule has 0 spiro atoms. The average molecular weight is 343 g/mol. The number of ether oxygens (including phenoxy) is 1. The molecule has 0 saturated heterocycles. The van der Waals surface area contributed by atoms with E-state index in [0.29, 0.717) is 22.7 Å². The van der Waals surface area contributed by atoms with Crippen molar-refractivity contribution in [3.63, 3.8) is 0 Å². The van der Waals surface area contributed by atoms with Gasteiger partial charge in [-0.1, -0.05) is 18.2 Å². The van der Waals surface area contributed by atoms with Gasteiger partial charge in [0.25, 0.3) is 5.69 Å². The van der Waals surface area contributed by atoms with Crippen molar-refractivity contribution in [1.29, 1.82) is 0 Å². The molecule has 8 heteroatoms. The van der Waals surface area contributed by atoms with Crippen LogP contribution in [0, 0.1) is 10.1 Å². The van der Waals surface area contributed by atoms with Gasteiger partial charge in [-0.2, -0.15) is 0 Å². The zero-order valence-corrected chi connectivity index (χ0v) is 13.7. The molecule has 0 aliphatic rings. The second kappa shape index (κ2) is 7.91. The SMILES string of the molecule is COc1ccc(NC(C)=O)cc1NC(=O)Cc1ccccc1[N+](=O)[O-]. The zero-order valence-electron chi connectivity index (χ0n) is 13.7. The van der Waals surface area contributed by atoms with Gasteiger partial charge in [-0.3, -0.25) is 19.7 Å². The van der Waals surface area contributed by atoms with Crippen LogP contribution < -0.4 is 15.4 Å². The molecule has 0 fully saturated rings. The third-order valence-corrected chi connectivity index (χ3v) is 3.33. The van der Waals surface area contributed by atoms with E-state index in [0.717, 1.165) is 0 Å². The molecule has 2 aromatic rings. The maximum Gasteiger partial charge on any atom is 0.273 e. The summed E-state index contributed by atoms with van der Waals surface area (Å²) in [6.45, 7) is 1.37. The molecule has 2 N–H and O–H groups in total. The van der Waals surface area contributed by atoms with E-state index in [2.05, 4.69) is 10.6 Å². The van der Waals surface area contributed by atoms with Gasteiger partial charge in [0.2, 0.25) is 11.8 Å². The van der Waals surface area contributed by atoms with E-state index in [1.165, 1.54) is 26.2 Å². The molecular formula is C17H17N3O5. The zero-order chi connectivity index (χ0) is 18.4. The van der Waals surface area contributed by atoms with Crippen molar-refractivity contribution >= 4 is 28.9 Å². The van der Waals surface area contributed by atoms with Crippen LogP contribution >= 0.6 is 0 Å². The molecule has 0 aliphatic heterocycles. The first-order valence-corrected chi connectivity index (χ1v) is 7.38. The van der Waals surface area contributed by atoms with Gasteiger partial charge in [0.15, 0.2) is 0 Å². The summed E-state index contributed by atoms with van der Waals surface area (Å²) in [6, 6.07) is 10.8. The van der Waals surface area contributed by atoms with Crippen LogP contribution in [0.1, 0.15) is 12.5 Å². The van der Waals surface area contributed by atoms with Gasteiger partial charge in [-0.05, 0) is 18.2 Å². The summed E-state index contributed by atoms with van der Waals surface area (Å²) in [5.74, 6) is -0.278. The van der Waals surface area contributed by atoms with Crippen LogP contribution in [0.15, 0.2) is 42.5 Å². The summed E-state index contributed by atoms with van der Waals surface area (Å²) >= 11 is 0. The van der Waals surface area contributed by atoms with Crippen LogP contribution in [0.25, 0.3) is 0 Å². The second-order valence-corrected chi connectivity index (χ2v) is 5.21. The number of nitrogens with zero attached hydrogens (tertiary/aromatic N) is 1. The highest BCUT2D eigenvalue weighted by atomic mass is 16.6. The lowest BCUT2D eigenvalue weighted by Gasteiger charge is -2.12. The van der Waals surface area contributed by atoms with Crippen LogP contribution in [0.3, 0.4) is 0 Å². The third kappa shape index (κ3) is 4.77. The Bertz CT molecular complexity index is 820. The fourth-order valence-corrected chi connectivity index (χ4v) is 2.29. The molecule has 2 amide bonds. The maximum atomic E-state index is 12.3. The van der Waals surface area contributed by atoms with Gasteiger partial charge in [0.1, 0.15) is 5.75 Å². The van der Waals surface area contributed by atoms with Gasteiger partial charge in [0.05, 0.1) is 24.1 Å². The molecule has 0 radical (unpaired) electrons. The highest BCUT2D eigenvalue weighted by Gasteiger charge is 2.16. The molecule has 2 rings (SSSR count). The van der Waals surface area contributed by atoms with Crippen LogP contribution in [0.5, 0.6) is 5.75 Å². The number of nitro groups is 1. The average Bonchev–Trinajstić information content (AvgIpc) is 2.54. The fourth-order valence-electron chi connectivity index (χ4n) is 2.29. The van der Waals surface area contributed by atoms with Gasteiger partial charge in [-0.25, -0.2) is 0 Å². The van der Waals surface area contributed by atoms with E-state index >= 15 is 0 Å². The predicted octanol–water partition coefficient (Wildman–Crippen LogP) is 2.74. The van der Waals surface area contributed by atoms with Crippen molar-refractivity contribution in [1.82, 2.24) is 0 Å². The number of hydrogen-bond acceptors (Lipinski definition) is 5. The number of amides is 2. The Labute approximate surface area is 144 Å². The lowest BCUT2D eigenvalue weighted by Crippen LogP contribution is -2.16. The van der Waals surface area contributed by atoms with Crippen molar-refractivity contribution in [3.05, 3.63) is 58.1 Å². The van der Waals surface area contributed by atoms with Gasteiger partial charge >= 0.3 is 0 Å². The number of hydrogen-bond donors (Lipinski definition) is 2. The Balaban J connectivity index is 2.20. The number of nitro benzene ring substituents is 1. The Morgan fingerprint density at radius 3 is 2.52 bits per heavy atom. The highest BCUT2D eigenvalue weighted by molar-refractivity contribution is 5.96. The quantitative estimate of drug-likeness (QED) is 0.619. The molecule has 0 saturated carbocycles. The molecule has 0 aromatic heterocycles. The van der Waals surface area contributed by atoms with Crippen molar-refractivity contribution in [2.75, 3.05) is 17.7 Å². The summed E-state index contributed by atoms with van der Waals surface area (Å²) < 4.78 is 5.18. The first kappa shape index (κ1) is 17.9. The fraction of sp³-hybridized carbons (Fsp3) is 0.176. The molecule has 25 heavy (non-hydrogen) atoms. The Hall–Kier alpha value is -3.42. The van der Waals surface area contributed by atoms with Gasteiger partial charge < -0.3 is 15.4 Å². The van der Waals surface area contributed by atoms with E-state index in [1.54, 1.807) is 30.3 Å². The summed E-state index contributed by atoms with van der Waals surface area (Å²) in [5, 5.41) is 16.3. The smallest absolute Gasteiger partial charge is 0.273 e. The Morgan fingerprint density at radius 1 is 1.16 bits per heavy atom. The van der Waals surface area contributed by atoms with Crippen molar-refractivity contribution in [2.24, 2.45) is 0 Å². The number of benzene rings is 2. The highest BCUT2D eigenvalue weighted by Crippen LogP contribution is 2.28. The Morgan fingerprint density at radius 2 is 1.88 bits per heavy atom. The molecule has 0 unspecified atom stereocenters. The van der Waals surface area contributed by atoms with E-state index in [4.69, 9.17) is 4.74 Å². The number of nitrogens with one attached hydrogen (secondary N) is 2. The van der Waals surface area contributed by atoms with Gasteiger partial charge in [-0.15, -0.1) is 0 Å². The Kier molecular flexibility index (Phi) is 5.67. The number of methoxy groups -OCH3 is 1. The monoisotopic (exact) mass is 343 g/mol. The maximum absolute atomic E-state index is 12.3. The normalized spacial score (nSPS) is 10.0. The van der Waals surface area contributed by atoms with Gasteiger partial charge in [0, 0.05) is 24.2 Å². The first-order valence-electron chi connectivity index (χ1n) is 7.38. The molecule has 0 atom stereocenters. The minimum absolute atomic E-state index is 0.114. The molecule has 0 aliphatic carbocycles. The molecule has 8 nitrogen and oxygen atoms in total. The molecule has 130 valence electrons. The number of rotatable bonds is 6. The molecule has 2 aromatic carbocycles. The third-order valence-electron chi connectivity index (χ3n) is 3.33. The van der Waals surface area contributed by atoms with E-state index in [-0.39, 0.29) is 18.0 Å². The van der Waals surface area contributed by atoms with E-state index < -0.39 is 10.8 Å².